The Morgan fingerprint density at radius 1 is 1.33 bits per heavy atom. The molecule has 1 aliphatic rings. The summed E-state index contributed by atoms with van der Waals surface area (Å²) >= 11 is 0. The molecule has 7 heteroatoms. The SMILES string of the molecule is CCCCNC(=O)C1CCCN1C(=O)CCCCn1cc(C)nn1. The molecule has 134 valence electrons. The lowest BCUT2D eigenvalue weighted by Gasteiger charge is -2.24. The van der Waals surface area contributed by atoms with Crippen LogP contribution in [0.15, 0.2) is 6.20 Å². The summed E-state index contributed by atoms with van der Waals surface area (Å²) in [6.07, 6.45) is 7.81. The summed E-state index contributed by atoms with van der Waals surface area (Å²) in [6, 6.07) is -0.271. The smallest absolute Gasteiger partial charge is 0.242 e. The van der Waals surface area contributed by atoms with Crippen molar-refractivity contribution >= 4 is 11.8 Å². The number of aromatic nitrogens is 3. The number of nitrogens with one attached hydrogen (secondary N) is 1. The molecule has 2 rings (SSSR count). The van der Waals surface area contributed by atoms with Crippen LogP contribution >= 0.6 is 0 Å². The van der Waals surface area contributed by atoms with Crippen molar-refractivity contribution in [2.45, 2.75) is 71.4 Å². The maximum Gasteiger partial charge on any atom is 0.242 e. The van der Waals surface area contributed by atoms with Gasteiger partial charge in [-0.25, -0.2) is 0 Å². The van der Waals surface area contributed by atoms with Gasteiger partial charge in [0.1, 0.15) is 6.04 Å². The Morgan fingerprint density at radius 2 is 2.17 bits per heavy atom. The van der Waals surface area contributed by atoms with Crippen LogP contribution in [0.3, 0.4) is 0 Å². The molecule has 0 aliphatic carbocycles. The number of hydrogen-bond donors (Lipinski definition) is 1. The Balaban J connectivity index is 1.71. The lowest BCUT2D eigenvalue weighted by molar-refractivity contribution is -0.138. The average molecular weight is 335 g/mol. The van der Waals surface area contributed by atoms with Crippen LogP contribution in [0.5, 0.6) is 0 Å². The number of unbranched alkanes of at least 4 members (excludes halogenated alkanes) is 2. The Kier molecular flexibility index (Phi) is 7.21. The van der Waals surface area contributed by atoms with Gasteiger partial charge in [-0.2, -0.15) is 0 Å². The fourth-order valence-corrected chi connectivity index (χ4v) is 3.04. The number of carbonyl (C=O) groups is 2. The van der Waals surface area contributed by atoms with Crippen molar-refractivity contribution in [3.8, 4) is 0 Å². The number of nitrogens with zero attached hydrogens (tertiary/aromatic N) is 4. The van der Waals surface area contributed by atoms with Crippen LogP contribution in [-0.2, 0) is 16.1 Å². The number of rotatable bonds is 9. The van der Waals surface area contributed by atoms with E-state index in [1.165, 1.54) is 0 Å². The first-order valence-electron chi connectivity index (χ1n) is 9.05. The van der Waals surface area contributed by atoms with Gasteiger partial charge >= 0.3 is 0 Å². The third kappa shape index (κ3) is 5.32. The number of amides is 2. The van der Waals surface area contributed by atoms with E-state index in [0.717, 1.165) is 50.8 Å². The van der Waals surface area contributed by atoms with Crippen LogP contribution in [0.4, 0.5) is 0 Å². The van der Waals surface area contributed by atoms with E-state index in [9.17, 15) is 9.59 Å². The van der Waals surface area contributed by atoms with Crippen LogP contribution in [0.1, 0.15) is 57.6 Å². The van der Waals surface area contributed by atoms with E-state index >= 15 is 0 Å². The van der Waals surface area contributed by atoms with Gasteiger partial charge in [0, 0.05) is 32.3 Å². The monoisotopic (exact) mass is 335 g/mol. The van der Waals surface area contributed by atoms with Crippen LogP contribution < -0.4 is 5.32 Å². The van der Waals surface area contributed by atoms with E-state index in [1.807, 2.05) is 13.1 Å². The minimum absolute atomic E-state index is 0.00684. The molecule has 1 atom stereocenters. The fourth-order valence-electron chi connectivity index (χ4n) is 3.04. The minimum atomic E-state index is -0.271. The third-order valence-electron chi connectivity index (χ3n) is 4.39. The van der Waals surface area contributed by atoms with Gasteiger partial charge in [-0.15, -0.1) is 5.10 Å². The molecule has 0 saturated carbocycles. The maximum atomic E-state index is 12.4. The van der Waals surface area contributed by atoms with Crippen LogP contribution in [-0.4, -0.2) is 50.8 Å². The lowest BCUT2D eigenvalue weighted by Crippen LogP contribution is -2.46. The zero-order valence-corrected chi connectivity index (χ0v) is 14.8. The van der Waals surface area contributed by atoms with E-state index in [-0.39, 0.29) is 17.9 Å². The molecule has 7 nitrogen and oxygen atoms in total. The molecule has 1 aromatic heterocycles. The number of aryl methyl sites for hydroxylation is 2. The highest BCUT2D eigenvalue weighted by Gasteiger charge is 2.33. The molecule has 1 N–H and O–H groups in total. The van der Waals surface area contributed by atoms with Crippen molar-refractivity contribution < 1.29 is 9.59 Å². The summed E-state index contributed by atoms with van der Waals surface area (Å²) in [6.45, 7) is 6.18. The quantitative estimate of drug-likeness (QED) is 0.696. The largest absolute Gasteiger partial charge is 0.354 e. The molecule has 1 saturated heterocycles. The summed E-state index contributed by atoms with van der Waals surface area (Å²) < 4.78 is 1.81. The van der Waals surface area contributed by atoms with Gasteiger partial charge in [-0.1, -0.05) is 18.6 Å². The van der Waals surface area contributed by atoms with Crippen LogP contribution in [0.2, 0.25) is 0 Å². The average Bonchev–Trinajstić information content (AvgIpc) is 3.20. The molecular weight excluding hydrogens is 306 g/mol. The number of carbonyl (C=O) groups excluding carboxylic acids is 2. The molecule has 0 radical (unpaired) electrons. The first-order chi connectivity index (χ1) is 11.6. The molecule has 1 fully saturated rings. The van der Waals surface area contributed by atoms with Gasteiger partial charge in [0.2, 0.25) is 11.8 Å². The molecule has 1 aromatic rings. The van der Waals surface area contributed by atoms with Gasteiger partial charge in [0.15, 0.2) is 0 Å². The summed E-state index contributed by atoms with van der Waals surface area (Å²) in [5.74, 6) is 0.102. The first kappa shape index (κ1) is 18.4. The van der Waals surface area contributed by atoms with Gasteiger partial charge in [0.05, 0.1) is 5.69 Å². The van der Waals surface area contributed by atoms with Crippen molar-refractivity contribution in [2.24, 2.45) is 0 Å². The highest BCUT2D eigenvalue weighted by molar-refractivity contribution is 5.88. The molecule has 1 unspecified atom stereocenters. The van der Waals surface area contributed by atoms with E-state index in [2.05, 4.69) is 22.6 Å². The third-order valence-corrected chi connectivity index (χ3v) is 4.39. The van der Waals surface area contributed by atoms with Crippen molar-refractivity contribution in [3.05, 3.63) is 11.9 Å². The highest BCUT2D eigenvalue weighted by Crippen LogP contribution is 2.19. The lowest BCUT2D eigenvalue weighted by atomic mass is 10.1. The maximum absolute atomic E-state index is 12.4. The van der Waals surface area contributed by atoms with E-state index in [0.29, 0.717) is 19.5 Å². The van der Waals surface area contributed by atoms with E-state index in [4.69, 9.17) is 0 Å². The Labute approximate surface area is 143 Å². The normalized spacial score (nSPS) is 17.2. The van der Waals surface area contributed by atoms with Gasteiger partial charge in [-0.05, 0) is 39.0 Å². The fraction of sp³-hybridized carbons (Fsp3) is 0.765. The first-order valence-corrected chi connectivity index (χ1v) is 9.05. The summed E-state index contributed by atoms with van der Waals surface area (Å²) in [5.41, 5.74) is 0.903. The summed E-state index contributed by atoms with van der Waals surface area (Å²) in [5, 5.41) is 10.9. The van der Waals surface area contributed by atoms with Gasteiger partial charge < -0.3 is 10.2 Å². The van der Waals surface area contributed by atoms with Gasteiger partial charge in [-0.3, -0.25) is 14.3 Å². The molecule has 0 aromatic carbocycles. The van der Waals surface area contributed by atoms with E-state index in [1.54, 1.807) is 9.58 Å². The Bertz CT molecular complexity index is 543. The molecule has 0 bridgehead atoms. The number of likely N-dealkylation sites (tertiary alicyclic amines) is 1. The summed E-state index contributed by atoms with van der Waals surface area (Å²) in [4.78, 5) is 26.4. The molecule has 0 spiro atoms. The predicted octanol–water partition coefficient (Wildman–Crippen LogP) is 1.66. The molecular formula is C17H29N5O2. The second-order valence-electron chi connectivity index (χ2n) is 6.47. The topological polar surface area (TPSA) is 80.1 Å². The zero-order chi connectivity index (χ0) is 17.4. The van der Waals surface area contributed by atoms with E-state index < -0.39 is 0 Å². The molecule has 2 amide bonds. The van der Waals surface area contributed by atoms with Crippen molar-refractivity contribution in [1.82, 2.24) is 25.2 Å². The standard InChI is InChI=1S/C17H29N5O2/c1-3-4-10-18-17(24)15-8-7-12-22(15)16(23)9-5-6-11-21-13-14(2)19-20-21/h13,15H,3-12H2,1-2H3,(H,18,24). The Morgan fingerprint density at radius 3 is 2.88 bits per heavy atom. The highest BCUT2D eigenvalue weighted by atomic mass is 16.2. The molecule has 1 aliphatic heterocycles. The van der Waals surface area contributed by atoms with Crippen LogP contribution in [0.25, 0.3) is 0 Å². The van der Waals surface area contributed by atoms with Gasteiger partial charge in [0.25, 0.3) is 0 Å². The second-order valence-corrected chi connectivity index (χ2v) is 6.47. The minimum Gasteiger partial charge on any atom is -0.354 e. The van der Waals surface area contributed by atoms with Crippen molar-refractivity contribution in [2.75, 3.05) is 13.1 Å². The predicted molar refractivity (Wildman–Crippen MR) is 91.3 cm³/mol. The van der Waals surface area contributed by atoms with Crippen molar-refractivity contribution in [1.29, 1.82) is 0 Å². The van der Waals surface area contributed by atoms with Crippen molar-refractivity contribution in [3.63, 3.8) is 0 Å². The summed E-state index contributed by atoms with van der Waals surface area (Å²) in [7, 11) is 0. The second kappa shape index (κ2) is 9.39. The number of hydrogen-bond acceptors (Lipinski definition) is 4. The molecule has 2 heterocycles. The zero-order valence-electron chi connectivity index (χ0n) is 14.8. The Hall–Kier alpha value is -1.92. The van der Waals surface area contributed by atoms with Crippen LogP contribution in [0, 0.1) is 6.92 Å². The molecule has 24 heavy (non-hydrogen) atoms.